The van der Waals surface area contributed by atoms with Gasteiger partial charge in [0.1, 0.15) is 25.1 Å². The molecule has 0 saturated heterocycles. The van der Waals surface area contributed by atoms with E-state index in [-0.39, 0.29) is 25.1 Å². The van der Waals surface area contributed by atoms with E-state index < -0.39 is 16.7 Å². The van der Waals surface area contributed by atoms with Gasteiger partial charge >= 0.3 is 0 Å². The number of hydrogen-bond donors (Lipinski definition) is 1. The predicted molar refractivity (Wildman–Crippen MR) is 134 cm³/mol. The molecule has 3 aromatic rings. The van der Waals surface area contributed by atoms with Crippen molar-refractivity contribution in [3.05, 3.63) is 106 Å². The average molecular weight is 472 g/mol. The van der Waals surface area contributed by atoms with E-state index >= 15 is 0 Å². The molecule has 7 nitrogen and oxygen atoms in total. The van der Waals surface area contributed by atoms with Crippen LogP contribution in [0, 0.1) is 0 Å². The monoisotopic (exact) mass is 471 g/mol. The molecule has 3 aliphatic rings. The fourth-order valence-electron chi connectivity index (χ4n) is 5.34. The lowest BCUT2D eigenvalue weighted by atomic mass is 9.74. The van der Waals surface area contributed by atoms with Crippen LogP contribution in [0.1, 0.15) is 54.3 Å². The third-order valence-corrected chi connectivity index (χ3v) is 7.21. The highest BCUT2D eigenvalue weighted by Crippen LogP contribution is 2.44. The number of aromatic nitrogens is 1. The van der Waals surface area contributed by atoms with Gasteiger partial charge in [-0.25, -0.2) is 0 Å². The predicted octanol–water partition coefficient (Wildman–Crippen LogP) is 4.20. The number of aromatic hydroxyl groups is 1. The molecule has 6 rings (SSSR count). The van der Waals surface area contributed by atoms with Crippen LogP contribution in [0.4, 0.5) is 0 Å². The molecular formula is C28H29N3O4. The summed E-state index contributed by atoms with van der Waals surface area (Å²) in [6.45, 7) is 0.685. The smallest absolute Gasteiger partial charge is 0.278 e. The second kappa shape index (κ2) is 8.65. The Morgan fingerprint density at radius 1 is 0.971 bits per heavy atom. The van der Waals surface area contributed by atoms with E-state index in [1.165, 1.54) is 6.07 Å². The third kappa shape index (κ3) is 3.50. The molecule has 3 heterocycles. The van der Waals surface area contributed by atoms with Gasteiger partial charge in [-0.3, -0.25) is 19.3 Å². The molecular weight excluding hydrogens is 442 g/mol. The third-order valence-electron chi connectivity index (χ3n) is 7.21. The summed E-state index contributed by atoms with van der Waals surface area (Å²) in [6.07, 6.45) is 8.27. The van der Waals surface area contributed by atoms with Crippen molar-refractivity contribution in [2.75, 3.05) is 18.3 Å². The Hall–Kier alpha value is -4.00. The van der Waals surface area contributed by atoms with Crippen LogP contribution < -0.4 is 15.2 Å². The van der Waals surface area contributed by atoms with Crippen molar-refractivity contribution in [2.45, 2.75) is 38.3 Å². The molecule has 1 saturated carbocycles. The zero-order chi connectivity index (χ0) is 23.3. The summed E-state index contributed by atoms with van der Waals surface area (Å²) in [5.74, 6) is -0.108. The van der Waals surface area contributed by atoms with E-state index in [0.717, 1.165) is 36.1 Å². The van der Waals surface area contributed by atoms with Crippen LogP contribution in [0.2, 0.25) is 0 Å². The Bertz CT molecular complexity index is 1340. The highest BCUT2D eigenvalue weighted by Gasteiger charge is 2.48. The van der Waals surface area contributed by atoms with E-state index in [2.05, 4.69) is 6.08 Å². The number of para-hydroxylation sites is 1. The molecule has 0 unspecified atom stereocenters. The summed E-state index contributed by atoms with van der Waals surface area (Å²) in [6, 6.07) is 18.9. The summed E-state index contributed by atoms with van der Waals surface area (Å²) in [4.78, 5) is 28.0. The molecule has 2 aromatic carbocycles. The maximum atomic E-state index is 13.8. The van der Waals surface area contributed by atoms with Gasteiger partial charge < -0.3 is 14.7 Å². The summed E-state index contributed by atoms with van der Waals surface area (Å²) >= 11 is 0. The van der Waals surface area contributed by atoms with Crippen LogP contribution in [0.15, 0.2) is 83.8 Å². The molecule has 2 bridgehead atoms. The summed E-state index contributed by atoms with van der Waals surface area (Å²) in [7, 11) is 0. The van der Waals surface area contributed by atoms with Gasteiger partial charge in [-0.2, -0.15) is 0 Å². The normalized spacial score (nSPS) is 20.9. The molecule has 1 spiro atoms. The number of fused-ring (bicyclic) bond motifs is 6. The number of carbonyl (C=O) groups excluding carboxylic acids is 1. The molecule has 2 aliphatic heterocycles. The van der Waals surface area contributed by atoms with Crippen LogP contribution in [0.5, 0.6) is 11.5 Å². The van der Waals surface area contributed by atoms with Crippen LogP contribution in [-0.4, -0.2) is 39.4 Å². The van der Waals surface area contributed by atoms with Gasteiger partial charge in [0, 0.05) is 17.8 Å². The van der Waals surface area contributed by atoms with Gasteiger partial charge in [0.05, 0.1) is 5.54 Å². The second-order valence-electron chi connectivity index (χ2n) is 9.06. The van der Waals surface area contributed by atoms with Crippen molar-refractivity contribution < 1.29 is 14.6 Å². The minimum Gasteiger partial charge on any atom is -0.502 e. The summed E-state index contributed by atoms with van der Waals surface area (Å²) in [5, 5.41) is 12.8. The van der Waals surface area contributed by atoms with Crippen LogP contribution in [-0.2, 0) is 0 Å². The molecule has 1 fully saturated rings. The first-order valence-corrected chi connectivity index (χ1v) is 11.6. The minimum absolute atomic E-state index is 0. The van der Waals surface area contributed by atoms with Gasteiger partial charge in [0.2, 0.25) is 5.43 Å². The van der Waals surface area contributed by atoms with Gasteiger partial charge in [-0.15, -0.1) is 0 Å². The standard InChI is InChI=1S/C27H25N3O4.CH4/c31-21-12-16-29-24(25(21)32)26(33)28-18-30(29)23(19-8-2-1-3-9-19)20-10-4-5-11-22(20)34-17-7-15-27(28)13-6-14-27;/h1-5,7-12,15-16,23,32H,6,13-14,17-18H2;1H4/b15-7+;/t23-;/m1./s1. The molecule has 1 amide bonds. The largest absolute Gasteiger partial charge is 0.502 e. The number of nitrogens with zero attached hydrogens (tertiary/aromatic N) is 3. The molecule has 0 radical (unpaired) electrons. The van der Waals surface area contributed by atoms with E-state index in [1.54, 1.807) is 10.9 Å². The van der Waals surface area contributed by atoms with Gasteiger partial charge in [-0.05, 0) is 37.0 Å². The topological polar surface area (TPSA) is 75.0 Å². The first kappa shape index (κ1) is 22.8. The molecule has 35 heavy (non-hydrogen) atoms. The van der Waals surface area contributed by atoms with E-state index in [9.17, 15) is 14.7 Å². The number of ether oxygens (including phenoxy) is 1. The number of pyridine rings is 1. The second-order valence-corrected chi connectivity index (χ2v) is 9.06. The fourth-order valence-corrected chi connectivity index (χ4v) is 5.34. The molecule has 1 aliphatic carbocycles. The Labute approximate surface area is 204 Å². The Morgan fingerprint density at radius 3 is 2.46 bits per heavy atom. The first-order valence-electron chi connectivity index (χ1n) is 11.6. The highest BCUT2D eigenvalue weighted by atomic mass is 16.5. The Morgan fingerprint density at radius 2 is 1.71 bits per heavy atom. The minimum atomic E-state index is -0.566. The van der Waals surface area contributed by atoms with Crippen molar-refractivity contribution in [3.8, 4) is 11.5 Å². The molecule has 1 aromatic heterocycles. The van der Waals surface area contributed by atoms with E-state index in [1.807, 2.05) is 70.6 Å². The zero-order valence-corrected chi connectivity index (χ0v) is 18.6. The fraction of sp³-hybridized carbons (Fsp3) is 0.286. The Kier molecular flexibility index (Phi) is 5.63. The van der Waals surface area contributed by atoms with Crippen LogP contribution in [0.3, 0.4) is 0 Å². The number of hydrogen-bond acceptors (Lipinski definition) is 5. The average Bonchev–Trinajstić information content (AvgIpc) is 2.85. The maximum Gasteiger partial charge on any atom is 0.278 e. The Balaban J connectivity index is 0.00000253. The lowest BCUT2D eigenvalue weighted by molar-refractivity contribution is 0.0255. The molecule has 7 heteroatoms. The number of amides is 1. The molecule has 1 atom stereocenters. The lowest BCUT2D eigenvalue weighted by Gasteiger charge is -2.53. The van der Waals surface area contributed by atoms with E-state index in [4.69, 9.17) is 4.74 Å². The highest BCUT2D eigenvalue weighted by molar-refractivity contribution is 5.97. The quantitative estimate of drug-likeness (QED) is 0.539. The summed E-state index contributed by atoms with van der Waals surface area (Å²) in [5.41, 5.74) is 0.901. The van der Waals surface area contributed by atoms with Gasteiger partial charge in [0.25, 0.3) is 5.91 Å². The number of rotatable bonds is 1. The van der Waals surface area contributed by atoms with Crippen molar-refractivity contribution in [2.24, 2.45) is 0 Å². The van der Waals surface area contributed by atoms with Crippen LogP contribution in [0.25, 0.3) is 0 Å². The first-order chi connectivity index (χ1) is 16.6. The van der Waals surface area contributed by atoms with Crippen LogP contribution >= 0.6 is 0 Å². The maximum absolute atomic E-state index is 13.8. The number of benzene rings is 2. The number of carbonyl (C=O) groups is 1. The van der Waals surface area contributed by atoms with Crippen molar-refractivity contribution >= 4 is 5.91 Å². The van der Waals surface area contributed by atoms with Gasteiger partial charge in [0.15, 0.2) is 11.4 Å². The molecule has 1 N–H and O–H groups in total. The SMILES string of the molecule is C.O=C1c2c(O)c(=O)ccn2N2CN1C1(/C=C/COc3ccccc3[C@H]2c2ccccc2)CCC1. The van der Waals surface area contributed by atoms with E-state index in [0.29, 0.717) is 13.3 Å². The zero-order valence-electron chi connectivity index (χ0n) is 18.6. The van der Waals surface area contributed by atoms with Gasteiger partial charge in [-0.1, -0.05) is 62.0 Å². The molecule has 180 valence electrons. The lowest BCUT2D eigenvalue weighted by Crippen LogP contribution is -2.64. The van der Waals surface area contributed by atoms with Crippen molar-refractivity contribution in [1.29, 1.82) is 0 Å². The summed E-state index contributed by atoms with van der Waals surface area (Å²) < 4.78 is 7.85. The van der Waals surface area contributed by atoms with Crippen molar-refractivity contribution in [3.63, 3.8) is 0 Å². The van der Waals surface area contributed by atoms with Crippen molar-refractivity contribution in [1.82, 2.24) is 9.58 Å².